The number of thiazole rings is 1. The second-order valence-electron chi connectivity index (χ2n) is 6.90. The Hall–Kier alpha value is -2.03. The van der Waals surface area contributed by atoms with Crippen molar-refractivity contribution in [3.8, 4) is 0 Å². The number of piperidine rings is 1. The largest absolute Gasteiger partial charge is 0.326 e. The lowest BCUT2D eigenvalue weighted by molar-refractivity contribution is -0.123. The van der Waals surface area contributed by atoms with Gasteiger partial charge in [-0.15, -0.1) is 11.3 Å². The smallest absolute Gasteiger partial charge is 0.240 e. The maximum atomic E-state index is 13.3. The van der Waals surface area contributed by atoms with Gasteiger partial charge in [-0.2, -0.15) is 0 Å². The summed E-state index contributed by atoms with van der Waals surface area (Å²) in [6, 6.07) is 4.09. The fourth-order valence-corrected chi connectivity index (χ4v) is 4.13. The summed E-state index contributed by atoms with van der Waals surface area (Å²) < 4.78 is 13.3. The lowest BCUT2D eigenvalue weighted by Gasteiger charge is -2.31. The van der Waals surface area contributed by atoms with Crippen LogP contribution in [0.3, 0.4) is 0 Å². The van der Waals surface area contributed by atoms with Crippen molar-refractivity contribution >= 4 is 45.6 Å². The number of amides is 2. The zero-order valence-corrected chi connectivity index (χ0v) is 17.3. The molecule has 1 fully saturated rings. The van der Waals surface area contributed by atoms with Crippen LogP contribution in [0.1, 0.15) is 23.4 Å². The second kappa shape index (κ2) is 8.98. The number of hydrogen-bond acceptors (Lipinski definition) is 5. The normalized spacial score (nSPS) is 17.4. The number of carbonyl (C=O) groups excluding carboxylic acids is 2. The molecular formula is C19H22ClFN4O2S. The Morgan fingerprint density at radius 3 is 2.82 bits per heavy atom. The van der Waals surface area contributed by atoms with Crippen LogP contribution in [-0.4, -0.2) is 41.3 Å². The number of benzene rings is 1. The number of rotatable bonds is 5. The highest BCUT2D eigenvalue weighted by molar-refractivity contribution is 7.15. The van der Waals surface area contributed by atoms with E-state index in [4.69, 9.17) is 11.6 Å². The highest BCUT2D eigenvalue weighted by Gasteiger charge is 2.27. The molecule has 1 aliphatic heterocycles. The van der Waals surface area contributed by atoms with Gasteiger partial charge in [0.05, 0.1) is 23.2 Å². The van der Waals surface area contributed by atoms with Crippen molar-refractivity contribution in [2.45, 2.75) is 26.7 Å². The van der Waals surface area contributed by atoms with Gasteiger partial charge in [0.15, 0.2) is 5.13 Å². The molecule has 1 aromatic heterocycles. The van der Waals surface area contributed by atoms with Gasteiger partial charge in [0, 0.05) is 17.1 Å². The summed E-state index contributed by atoms with van der Waals surface area (Å²) in [7, 11) is 0. The van der Waals surface area contributed by atoms with Gasteiger partial charge in [-0.1, -0.05) is 11.6 Å². The summed E-state index contributed by atoms with van der Waals surface area (Å²) in [5, 5.41) is 6.16. The predicted octanol–water partition coefficient (Wildman–Crippen LogP) is 3.84. The van der Waals surface area contributed by atoms with E-state index in [0.717, 1.165) is 30.0 Å². The fourth-order valence-electron chi connectivity index (χ4n) is 3.12. The second-order valence-corrected chi connectivity index (χ2v) is 8.51. The molecule has 0 bridgehead atoms. The molecule has 0 saturated carbocycles. The molecule has 2 N–H and O–H groups in total. The van der Waals surface area contributed by atoms with Crippen LogP contribution in [0.25, 0.3) is 0 Å². The minimum absolute atomic E-state index is 0.0348. The summed E-state index contributed by atoms with van der Waals surface area (Å²) in [6.45, 7) is 5.33. The third-order valence-corrected chi connectivity index (χ3v) is 5.98. The zero-order chi connectivity index (χ0) is 20.3. The number of likely N-dealkylation sites (tertiary alicyclic amines) is 1. The van der Waals surface area contributed by atoms with E-state index in [2.05, 4.69) is 15.6 Å². The molecule has 1 aliphatic rings. The van der Waals surface area contributed by atoms with Gasteiger partial charge in [0.1, 0.15) is 5.82 Å². The summed E-state index contributed by atoms with van der Waals surface area (Å²) >= 11 is 7.21. The Morgan fingerprint density at radius 2 is 2.14 bits per heavy atom. The Morgan fingerprint density at radius 1 is 1.36 bits per heavy atom. The van der Waals surface area contributed by atoms with E-state index in [-0.39, 0.29) is 29.3 Å². The average Bonchev–Trinajstić information content (AvgIpc) is 2.95. The van der Waals surface area contributed by atoms with E-state index in [1.165, 1.54) is 29.5 Å². The van der Waals surface area contributed by atoms with Crippen LogP contribution < -0.4 is 10.6 Å². The SMILES string of the molecule is Cc1nc(NC(=O)CN2CCCC(C(=O)Nc3ccc(F)c(Cl)c3)C2)sc1C. The molecule has 1 unspecified atom stereocenters. The molecule has 2 amide bonds. The van der Waals surface area contributed by atoms with E-state index >= 15 is 0 Å². The maximum absolute atomic E-state index is 13.3. The average molecular weight is 425 g/mol. The first-order chi connectivity index (χ1) is 13.3. The molecule has 0 radical (unpaired) electrons. The van der Waals surface area contributed by atoms with Gasteiger partial charge in [0.25, 0.3) is 0 Å². The molecule has 0 aliphatic carbocycles. The molecule has 28 heavy (non-hydrogen) atoms. The summed E-state index contributed by atoms with van der Waals surface area (Å²) in [5.74, 6) is -1.06. The first kappa shape index (κ1) is 20.7. The number of hydrogen-bond donors (Lipinski definition) is 2. The third kappa shape index (κ3) is 5.27. The molecule has 2 heterocycles. The van der Waals surface area contributed by atoms with Crippen molar-refractivity contribution in [3.05, 3.63) is 39.6 Å². The number of halogens is 2. The van der Waals surface area contributed by atoms with Crippen LogP contribution in [-0.2, 0) is 9.59 Å². The molecule has 3 rings (SSSR count). The zero-order valence-electron chi connectivity index (χ0n) is 15.7. The van der Waals surface area contributed by atoms with E-state index in [1.807, 2.05) is 18.7 Å². The topological polar surface area (TPSA) is 74.3 Å². The van der Waals surface area contributed by atoms with Crippen molar-refractivity contribution < 1.29 is 14.0 Å². The first-order valence-corrected chi connectivity index (χ1v) is 10.2. The van der Waals surface area contributed by atoms with Crippen molar-refractivity contribution in [2.24, 2.45) is 5.92 Å². The van der Waals surface area contributed by atoms with Crippen molar-refractivity contribution in [3.63, 3.8) is 0 Å². The minimum atomic E-state index is -0.528. The third-order valence-electron chi connectivity index (χ3n) is 4.71. The lowest BCUT2D eigenvalue weighted by atomic mass is 9.97. The molecule has 150 valence electrons. The highest BCUT2D eigenvalue weighted by atomic mass is 35.5. The number of nitrogens with one attached hydrogen (secondary N) is 2. The Bertz CT molecular complexity index is 869. The molecule has 0 spiro atoms. The molecule has 1 aromatic carbocycles. The van der Waals surface area contributed by atoms with Crippen molar-refractivity contribution in [1.82, 2.24) is 9.88 Å². The molecule has 2 aromatic rings. The van der Waals surface area contributed by atoms with E-state index in [0.29, 0.717) is 17.4 Å². The summed E-state index contributed by atoms with van der Waals surface area (Å²) in [6.07, 6.45) is 1.56. The van der Waals surface area contributed by atoms with Crippen LogP contribution in [0.5, 0.6) is 0 Å². The number of carbonyl (C=O) groups is 2. The Balaban J connectivity index is 1.53. The maximum Gasteiger partial charge on any atom is 0.240 e. The van der Waals surface area contributed by atoms with Crippen molar-refractivity contribution in [2.75, 3.05) is 30.3 Å². The first-order valence-electron chi connectivity index (χ1n) is 9.04. The predicted molar refractivity (Wildman–Crippen MR) is 109 cm³/mol. The standard InChI is InChI=1S/C19H22ClFN4O2S/c1-11-12(2)28-19(22-11)24-17(26)10-25-7-3-4-13(9-25)18(27)23-14-5-6-16(21)15(20)8-14/h5-6,8,13H,3-4,7,9-10H2,1-2H3,(H,23,27)(H,22,24,26). The number of nitrogens with zero attached hydrogens (tertiary/aromatic N) is 2. The molecular weight excluding hydrogens is 403 g/mol. The van der Waals surface area contributed by atoms with Crippen LogP contribution in [0.2, 0.25) is 5.02 Å². The Kier molecular flexibility index (Phi) is 6.64. The molecule has 1 saturated heterocycles. The van der Waals surface area contributed by atoms with E-state index < -0.39 is 5.82 Å². The van der Waals surface area contributed by atoms with Crippen LogP contribution in [0.15, 0.2) is 18.2 Å². The van der Waals surface area contributed by atoms with Gasteiger partial charge in [-0.3, -0.25) is 14.5 Å². The minimum Gasteiger partial charge on any atom is -0.326 e. The van der Waals surface area contributed by atoms with Gasteiger partial charge < -0.3 is 10.6 Å². The highest BCUT2D eigenvalue weighted by Crippen LogP contribution is 2.23. The van der Waals surface area contributed by atoms with Crippen molar-refractivity contribution in [1.29, 1.82) is 0 Å². The number of anilines is 2. The number of aromatic nitrogens is 1. The monoisotopic (exact) mass is 424 g/mol. The van der Waals surface area contributed by atoms with Crippen LogP contribution in [0.4, 0.5) is 15.2 Å². The van der Waals surface area contributed by atoms with Gasteiger partial charge in [-0.05, 0) is 51.4 Å². The van der Waals surface area contributed by atoms with E-state index in [1.54, 1.807) is 0 Å². The van der Waals surface area contributed by atoms with E-state index in [9.17, 15) is 14.0 Å². The quantitative estimate of drug-likeness (QED) is 0.764. The Labute approximate surface area is 172 Å². The lowest BCUT2D eigenvalue weighted by Crippen LogP contribution is -2.44. The van der Waals surface area contributed by atoms with Crippen LogP contribution in [0, 0.1) is 25.6 Å². The summed E-state index contributed by atoms with van der Waals surface area (Å²) in [4.78, 5) is 32.2. The molecule has 9 heteroatoms. The van der Waals surface area contributed by atoms with Crippen LogP contribution >= 0.6 is 22.9 Å². The number of aryl methyl sites for hydroxylation is 2. The molecule has 6 nitrogen and oxygen atoms in total. The summed E-state index contributed by atoms with van der Waals surface area (Å²) in [5.41, 5.74) is 1.37. The molecule has 1 atom stereocenters. The van der Waals surface area contributed by atoms with Gasteiger partial charge >= 0.3 is 0 Å². The fraction of sp³-hybridized carbons (Fsp3) is 0.421. The van der Waals surface area contributed by atoms with Gasteiger partial charge in [0.2, 0.25) is 11.8 Å². The van der Waals surface area contributed by atoms with Gasteiger partial charge in [-0.25, -0.2) is 9.37 Å².